The standard InChI is InChI=1S/C31H33F3N6O3/c32-22-9-7-19(8-10-22)24-16-26(24)36-13-1-2-25(29(42)40-14-11-31(34,12-15-40)30(35)43)39-28(41)21-5-3-20(4-6-21)27-37-17-23(33)18-38-27/h3-10,17-18,24-26,36H,1-2,11-16H2,(H2,35,43)(H,39,41)/t24-,25-,26+/m0/s1. The molecule has 1 saturated heterocycles. The Labute approximate surface area is 247 Å². The lowest BCUT2D eigenvalue weighted by molar-refractivity contribution is -0.141. The topological polar surface area (TPSA) is 130 Å². The van der Waals surface area contributed by atoms with Crippen molar-refractivity contribution in [2.45, 2.75) is 55.8 Å². The number of benzene rings is 2. The van der Waals surface area contributed by atoms with Crippen LogP contribution in [-0.4, -0.2) is 70.0 Å². The van der Waals surface area contributed by atoms with Crippen molar-refractivity contribution in [3.05, 3.63) is 83.7 Å². The normalized spacial score (nSPS) is 19.8. The summed E-state index contributed by atoms with van der Waals surface area (Å²) < 4.78 is 41.1. The van der Waals surface area contributed by atoms with E-state index in [0.717, 1.165) is 24.4 Å². The van der Waals surface area contributed by atoms with Gasteiger partial charge >= 0.3 is 0 Å². The van der Waals surface area contributed by atoms with E-state index in [-0.39, 0.29) is 43.7 Å². The SMILES string of the molecule is NC(=O)C1(F)CCN(C(=O)[C@H](CCCN[C@@H]2C[C@H]2c2ccc(F)cc2)NC(=O)c2ccc(-c3ncc(F)cn3)cc2)CC1. The van der Waals surface area contributed by atoms with Gasteiger partial charge in [0.15, 0.2) is 17.3 Å². The Morgan fingerprint density at radius 1 is 0.977 bits per heavy atom. The predicted octanol–water partition coefficient (Wildman–Crippen LogP) is 3.26. The number of hydrogen-bond acceptors (Lipinski definition) is 6. The first kappa shape index (κ1) is 30.1. The number of carbonyl (C=O) groups excluding carboxylic acids is 3. The molecule has 0 bridgehead atoms. The molecule has 1 aliphatic heterocycles. The molecule has 2 aromatic carbocycles. The van der Waals surface area contributed by atoms with Crippen LogP contribution in [-0.2, 0) is 9.59 Å². The number of amides is 3. The summed E-state index contributed by atoms with van der Waals surface area (Å²) in [6.45, 7) is 0.622. The van der Waals surface area contributed by atoms with Crippen LogP contribution >= 0.6 is 0 Å². The fourth-order valence-electron chi connectivity index (χ4n) is 5.37. The van der Waals surface area contributed by atoms with E-state index < -0.39 is 29.3 Å². The molecule has 3 amide bonds. The lowest BCUT2D eigenvalue weighted by Crippen LogP contribution is -2.55. The van der Waals surface area contributed by atoms with Gasteiger partial charge in [-0.1, -0.05) is 24.3 Å². The molecule has 5 rings (SSSR count). The van der Waals surface area contributed by atoms with Crippen molar-refractivity contribution in [1.29, 1.82) is 0 Å². The number of aromatic nitrogens is 2. The number of primary amides is 1. The molecule has 2 heterocycles. The van der Waals surface area contributed by atoms with Gasteiger partial charge in [-0.05, 0) is 55.6 Å². The largest absolute Gasteiger partial charge is 0.367 e. The Morgan fingerprint density at radius 2 is 1.63 bits per heavy atom. The quantitative estimate of drug-likeness (QED) is 0.292. The van der Waals surface area contributed by atoms with Crippen molar-refractivity contribution in [1.82, 2.24) is 25.5 Å². The molecule has 226 valence electrons. The van der Waals surface area contributed by atoms with Crippen molar-refractivity contribution in [2.24, 2.45) is 5.73 Å². The molecule has 1 aromatic heterocycles. The number of alkyl halides is 1. The minimum Gasteiger partial charge on any atom is -0.367 e. The lowest BCUT2D eigenvalue weighted by Gasteiger charge is -2.36. The molecule has 1 aliphatic carbocycles. The van der Waals surface area contributed by atoms with Crippen LogP contribution in [0.1, 0.15) is 53.9 Å². The molecule has 2 fully saturated rings. The minimum absolute atomic E-state index is 0.0106. The number of rotatable bonds is 11. The van der Waals surface area contributed by atoms with Gasteiger partial charge in [0.05, 0.1) is 12.4 Å². The van der Waals surface area contributed by atoms with Crippen LogP contribution in [0.2, 0.25) is 0 Å². The summed E-state index contributed by atoms with van der Waals surface area (Å²) in [6, 6.07) is 12.2. The number of piperidine rings is 1. The maximum Gasteiger partial charge on any atom is 0.255 e. The van der Waals surface area contributed by atoms with E-state index in [4.69, 9.17) is 5.73 Å². The summed E-state index contributed by atoms with van der Waals surface area (Å²) >= 11 is 0. The molecule has 4 N–H and O–H groups in total. The zero-order valence-electron chi connectivity index (χ0n) is 23.4. The zero-order chi connectivity index (χ0) is 30.6. The van der Waals surface area contributed by atoms with Gasteiger partial charge in [0.1, 0.15) is 11.9 Å². The van der Waals surface area contributed by atoms with Crippen LogP contribution in [0.15, 0.2) is 60.9 Å². The van der Waals surface area contributed by atoms with Crippen LogP contribution < -0.4 is 16.4 Å². The molecule has 2 aliphatic rings. The molecule has 12 heteroatoms. The molecule has 1 saturated carbocycles. The van der Waals surface area contributed by atoms with Gasteiger partial charge < -0.3 is 21.3 Å². The average Bonchev–Trinajstić information content (AvgIpc) is 3.79. The van der Waals surface area contributed by atoms with E-state index >= 15 is 0 Å². The first-order valence-electron chi connectivity index (χ1n) is 14.3. The van der Waals surface area contributed by atoms with Crippen LogP contribution in [0.5, 0.6) is 0 Å². The van der Waals surface area contributed by atoms with Crippen LogP contribution in [0.25, 0.3) is 11.4 Å². The lowest BCUT2D eigenvalue weighted by atomic mass is 9.92. The van der Waals surface area contributed by atoms with Crippen molar-refractivity contribution in [3.8, 4) is 11.4 Å². The number of likely N-dealkylation sites (tertiary alicyclic amines) is 1. The molecule has 43 heavy (non-hydrogen) atoms. The number of halogens is 3. The van der Waals surface area contributed by atoms with Crippen LogP contribution in [0, 0.1) is 11.6 Å². The number of nitrogens with zero attached hydrogens (tertiary/aromatic N) is 3. The van der Waals surface area contributed by atoms with E-state index in [9.17, 15) is 27.6 Å². The average molecular weight is 595 g/mol. The zero-order valence-corrected chi connectivity index (χ0v) is 23.4. The monoisotopic (exact) mass is 594 g/mol. The van der Waals surface area contributed by atoms with Crippen LogP contribution in [0.3, 0.4) is 0 Å². The highest BCUT2D eigenvalue weighted by molar-refractivity contribution is 5.98. The second-order valence-corrected chi connectivity index (χ2v) is 11.1. The molecule has 3 atom stereocenters. The smallest absolute Gasteiger partial charge is 0.255 e. The third-order valence-corrected chi connectivity index (χ3v) is 8.10. The molecule has 0 unspecified atom stereocenters. The van der Waals surface area contributed by atoms with Crippen molar-refractivity contribution in [3.63, 3.8) is 0 Å². The van der Waals surface area contributed by atoms with Gasteiger partial charge in [-0.15, -0.1) is 0 Å². The fraction of sp³-hybridized carbons (Fsp3) is 0.387. The first-order valence-corrected chi connectivity index (χ1v) is 14.3. The fourth-order valence-corrected chi connectivity index (χ4v) is 5.37. The first-order chi connectivity index (χ1) is 20.6. The summed E-state index contributed by atoms with van der Waals surface area (Å²) in [7, 11) is 0. The maximum atomic E-state index is 14.7. The van der Waals surface area contributed by atoms with E-state index in [0.29, 0.717) is 42.3 Å². The van der Waals surface area contributed by atoms with E-state index in [1.165, 1.54) is 17.0 Å². The molecule has 0 spiro atoms. The molecular weight excluding hydrogens is 561 g/mol. The minimum atomic E-state index is -2.15. The summed E-state index contributed by atoms with van der Waals surface area (Å²) in [5.74, 6) is -2.08. The summed E-state index contributed by atoms with van der Waals surface area (Å²) in [5.41, 5.74) is 5.02. The van der Waals surface area contributed by atoms with Gasteiger partial charge in [-0.3, -0.25) is 14.4 Å². The Balaban J connectivity index is 1.20. The van der Waals surface area contributed by atoms with Gasteiger partial charge in [0.25, 0.3) is 11.8 Å². The van der Waals surface area contributed by atoms with E-state index in [1.54, 1.807) is 36.4 Å². The highest BCUT2D eigenvalue weighted by Crippen LogP contribution is 2.40. The van der Waals surface area contributed by atoms with Gasteiger partial charge in [-0.25, -0.2) is 23.1 Å². The predicted molar refractivity (Wildman–Crippen MR) is 152 cm³/mol. The van der Waals surface area contributed by atoms with Crippen molar-refractivity contribution in [2.75, 3.05) is 19.6 Å². The number of nitrogens with one attached hydrogen (secondary N) is 2. The third-order valence-electron chi connectivity index (χ3n) is 8.10. The highest BCUT2D eigenvalue weighted by atomic mass is 19.1. The second-order valence-electron chi connectivity index (χ2n) is 11.1. The van der Waals surface area contributed by atoms with E-state index in [1.807, 2.05) is 0 Å². The Kier molecular flexibility index (Phi) is 9.05. The molecule has 0 radical (unpaired) electrons. The molecular formula is C31H33F3N6O3. The van der Waals surface area contributed by atoms with E-state index in [2.05, 4.69) is 20.6 Å². The van der Waals surface area contributed by atoms with Crippen LogP contribution in [0.4, 0.5) is 13.2 Å². The summed E-state index contributed by atoms with van der Waals surface area (Å²) in [4.78, 5) is 47.5. The summed E-state index contributed by atoms with van der Waals surface area (Å²) in [5, 5.41) is 6.28. The molecule has 9 nitrogen and oxygen atoms in total. The van der Waals surface area contributed by atoms with Crippen molar-refractivity contribution >= 4 is 17.7 Å². The number of nitrogens with two attached hydrogens (primary N) is 1. The Morgan fingerprint density at radius 3 is 2.26 bits per heavy atom. The maximum absolute atomic E-state index is 14.7. The van der Waals surface area contributed by atoms with Gasteiger partial charge in [0, 0.05) is 49.0 Å². The van der Waals surface area contributed by atoms with Crippen molar-refractivity contribution < 1.29 is 27.6 Å². The molecule has 3 aromatic rings. The summed E-state index contributed by atoms with van der Waals surface area (Å²) in [6.07, 6.45) is 3.55. The van der Waals surface area contributed by atoms with Gasteiger partial charge in [0.2, 0.25) is 5.91 Å². The second kappa shape index (κ2) is 12.9. The highest BCUT2D eigenvalue weighted by Gasteiger charge is 2.42. The van der Waals surface area contributed by atoms with Gasteiger partial charge in [-0.2, -0.15) is 0 Å². The third kappa shape index (κ3) is 7.37. The number of hydrogen-bond donors (Lipinski definition) is 3. The Bertz CT molecular complexity index is 1450. The number of carbonyl (C=O) groups is 3. The Hall–Kier alpha value is -4.32.